The van der Waals surface area contributed by atoms with Crippen LogP contribution in [0.5, 0.6) is 0 Å². The summed E-state index contributed by atoms with van der Waals surface area (Å²) < 4.78 is 4.92. The number of rotatable bonds is 4. The molecule has 96 valence electrons. The van der Waals surface area contributed by atoms with E-state index >= 15 is 0 Å². The van der Waals surface area contributed by atoms with Crippen molar-refractivity contribution in [1.29, 1.82) is 0 Å². The Morgan fingerprint density at radius 2 is 2.11 bits per heavy atom. The number of benzene rings is 1. The number of nitrogens with zero attached hydrogens (tertiary/aromatic N) is 1. The molecule has 19 heavy (non-hydrogen) atoms. The lowest BCUT2D eigenvalue weighted by Gasteiger charge is -1.96. The van der Waals surface area contributed by atoms with E-state index in [9.17, 15) is 14.9 Å². The Bertz CT molecular complexity index is 655. The number of ketones is 1. The number of hydrogen-bond donors (Lipinski definition) is 0. The second kappa shape index (κ2) is 5.30. The zero-order valence-corrected chi connectivity index (χ0v) is 10.2. The summed E-state index contributed by atoms with van der Waals surface area (Å²) in [6, 6.07) is 9.88. The van der Waals surface area contributed by atoms with Gasteiger partial charge < -0.3 is 4.42 Å². The molecular formula is C14H11NO4. The van der Waals surface area contributed by atoms with Gasteiger partial charge in [-0.15, -0.1) is 0 Å². The van der Waals surface area contributed by atoms with Crippen molar-refractivity contribution in [3.05, 3.63) is 69.5 Å². The summed E-state index contributed by atoms with van der Waals surface area (Å²) >= 11 is 0. The van der Waals surface area contributed by atoms with Crippen LogP contribution in [-0.2, 0) is 0 Å². The van der Waals surface area contributed by atoms with Crippen molar-refractivity contribution in [3.8, 4) is 0 Å². The first-order chi connectivity index (χ1) is 9.06. The zero-order chi connectivity index (χ0) is 13.8. The standard InChI is InChI=1S/C14H11NO4/c1-10-3-2-4-11(9-10)13(16)7-5-12-6-8-14(19-12)15(17)18/h2-9H,1H3/b7-5+. The highest BCUT2D eigenvalue weighted by molar-refractivity contribution is 6.06. The largest absolute Gasteiger partial charge is 0.433 e. The number of furan rings is 1. The van der Waals surface area contributed by atoms with E-state index in [-0.39, 0.29) is 17.4 Å². The summed E-state index contributed by atoms with van der Waals surface area (Å²) in [7, 11) is 0. The molecule has 0 N–H and O–H groups in total. The van der Waals surface area contributed by atoms with Gasteiger partial charge >= 0.3 is 5.88 Å². The fraction of sp³-hybridized carbons (Fsp3) is 0.0714. The number of nitro groups is 1. The molecule has 1 aromatic carbocycles. The molecule has 0 saturated carbocycles. The maximum atomic E-state index is 11.8. The highest BCUT2D eigenvalue weighted by Gasteiger charge is 2.10. The molecule has 1 heterocycles. The lowest BCUT2D eigenvalue weighted by Crippen LogP contribution is -1.93. The minimum Gasteiger partial charge on any atom is -0.401 e. The third kappa shape index (κ3) is 3.16. The lowest BCUT2D eigenvalue weighted by molar-refractivity contribution is -0.402. The first-order valence-electron chi connectivity index (χ1n) is 5.59. The molecule has 5 heteroatoms. The van der Waals surface area contributed by atoms with Crippen LogP contribution in [0.2, 0.25) is 0 Å². The van der Waals surface area contributed by atoms with Crippen LogP contribution < -0.4 is 0 Å². The predicted molar refractivity (Wildman–Crippen MR) is 69.9 cm³/mol. The topological polar surface area (TPSA) is 73.3 Å². The predicted octanol–water partition coefficient (Wildman–Crippen LogP) is 3.39. The van der Waals surface area contributed by atoms with E-state index in [0.29, 0.717) is 5.56 Å². The lowest BCUT2D eigenvalue weighted by atomic mass is 10.1. The summed E-state index contributed by atoms with van der Waals surface area (Å²) in [5, 5.41) is 10.4. The second-order valence-electron chi connectivity index (χ2n) is 4.00. The van der Waals surface area contributed by atoms with Crippen molar-refractivity contribution in [2.45, 2.75) is 6.92 Å². The van der Waals surface area contributed by atoms with Gasteiger partial charge in [0.1, 0.15) is 10.7 Å². The van der Waals surface area contributed by atoms with Crippen molar-refractivity contribution < 1.29 is 14.1 Å². The van der Waals surface area contributed by atoms with E-state index in [1.807, 2.05) is 13.0 Å². The number of allylic oxidation sites excluding steroid dienone is 1. The van der Waals surface area contributed by atoms with Gasteiger partial charge in [0, 0.05) is 5.56 Å². The van der Waals surface area contributed by atoms with E-state index in [2.05, 4.69) is 0 Å². The number of carbonyl (C=O) groups is 1. The fourth-order valence-corrected chi connectivity index (χ4v) is 1.58. The molecule has 0 atom stereocenters. The molecule has 0 amide bonds. The third-order valence-electron chi connectivity index (χ3n) is 2.49. The van der Waals surface area contributed by atoms with Crippen LogP contribution in [0.15, 0.2) is 46.9 Å². The van der Waals surface area contributed by atoms with E-state index < -0.39 is 4.92 Å². The van der Waals surface area contributed by atoms with Crippen molar-refractivity contribution in [1.82, 2.24) is 0 Å². The number of aryl methyl sites for hydroxylation is 1. The van der Waals surface area contributed by atoms with Gasteiger partial charge in [0.05, 0.1) is 6.07 Å². The van der Waals surface area contributed by atoms with Gasteiger partial charge in [-0.2, -0.15) is 0 Å². The van der Waals surface area contributed by atoms with Crippen LogP contribution in [0.3, 0.4) is 0 Å². The Hall–Kier alpha value is -2.69. The summed E-state index contributed by atoms with van der Waals surface area (Å²) in [6.45, 7) is 1.90. The minimum absolute atomic E-state index is 0.178. The second-order valence-corrected chi connectivity index (χ2v) is 4.00. The van der Waals surface area contributed by atoms with Crippen LogP contribution in [0.4, 0.5) is 5.88 Å². The van der Waals surface area contributed by atoms with E-state index in [0.717, 1.165) is 5.56 Å². The summed E-state index contributed by atoms with van der Waals surface area (Å²) in [4.78, 5) is 21.7. The molecule has 0 aliphatic rings. The molecule has 0 saturated heterocycles. The molecule has 2 rings (SSSR count). The van der Waals surface area contributed by atoms with Gasteiger partial charge in [0.2, 0.25) is 0 Å². The molecule has 0 aliphatic heterocycles. The van der Waals surface area contributed by atoms with Crippen molar-refractivity contribution >= 4 is 17.7 Å². The third-order valence-corrected chi connectivity index (χ3v) is 2.49. The molecule has 0 bridgehead atoms. The smallest absolute Gasteiger partial charge is 0.401 e. The average molecular weight is 257 g/mol. The molecule has 0 unspecified atom stereocenters. The summed E-state index contributed by atoms with van der Waals surface area (Å²) in [5.74, 6) is -0.252. The molecule has 0 aliphatic carbocycles. The van der Waals surface area contributed by atoms with Gasteiger partial charge in [0.15, 0.2) is 5.78 Å². The van der Waals surface area contributed by atoms with Crippen LogP contribution in [0, 0.1) is 17.0 Å². The Labute approximate surface area is 109 Å². The summed E-state index contributed by atoms with van der Waals surface area (Å²) in [5.41, 5.74) is 1.56. The van der Waals surface area contributed by atoms with Crippen LogP contribution in [0.1, 0.15) is 21.7 Å². The highest BCUT2D eigenvalue weighted by Crippen LogP contribution is 2.17. The Kier molecular flexibility index (Phi) is 3.56. The van der Waals surface area contributed by atoms with Gasteiger partial charge in [-0.1, -0.05) is 23.8 Å². The number of hydrogen-bond acceptors (Lipinski definition) is 4. The van der Waals surface area contributed by atoms with E-state index in [4.69, 9.17) is 4.42 Å². The molecule has 1 aromatic heterocycles. The van der Waals surface area contributed by atoms with Crippen molar-refractivity contribution in [3.63, 3.8) is 0 Å². The van der Waals surface area contributed by atoms with Crippen LogP contribution >= 0.6 is 0 Å². The van der Waals surface area contributed by atoms with Crippen molar-refractivity contribution in [2.75, 3.05) is 0 Å². The SMILES string of the molecule is Cc1cccc(C(=O)/C=C/c2ccc([N+](=O)[O-])o2)c1. The molecule has 0 fully saturated rings. The van der Waals surface area contributed by atoms with Crippen LogP contribution in [-0.4, -0.2) is 10.7 Å². The Balaban J connectivity index is 2.13. The quantitative estimate of drug-likeness (QED) is 0.364. The Morgan fingerprint density at radius 3 is 2.74 bits per heavy atom. The monoisotopic (exact) mass is 257 g/mol. The maximum absolute atomic E-state index is 11.8. The van der Waals surface area contributed by atoms with Crippen LogP contribution in [0.25, 0.3) is 6.08 Å². The molecule has 2 aromatic rings. The van der Waals surface area contributed by atoms with Crippen molar-refractivity contribution in [2.24, 2.45) is 0 Å². The fourth-order valence-electron chi connectivity index (χ4n) is 1.58. The average Bonchev–Trinajstić information content (AvgIpc) is 2.85. The molecular weight excluding hydrogens is 246 g/mol. The zero-order valence-electron chi connectivity index (χ0n) is 10.2. The first-order valence-corrected chi connectivity index (χ1v) is 5.59. The normalized spacial score (nSPS) is 10.8. The first kappa shape index (κ1) is 12.8. The molecule has 0 radical (unpaired) electrons. The van der Waals surface area contributed by atoms with Gasteiger partial charge in [-0.3, -0.25) is 14.9 Å². The minimum atomic E-state index is -0.625. The summed E-state index contributed by atoms with van der Waals surface area (Å²) in [6.07, 6.45) is 2.75. The Morgan fingerprint density at radius 1 is 1.32 bits per heavy atom. The number of carbonyl (C=O) groups excluding carboxylic acids is 1. The van der Waals surface area contributed by atoms with E-state index in [1.54, 1.807) is 18.2 Å². The van der Waals surface area contributed by atoms with E-state index in [1.165, 1.54) is 24.3 Å². The van der Waals surface area contributed by atoms with Gasteiger partial charge in [-0.25, -0.2) is 0 Å². The molecule has 5 nitrogen and oxygen atoms in total. The van der Waals surface area contributed by atoms with Gasteiger partial charge in [0.25, 0.3) is 0 Å². The molecule has 0 spiro atoms. The maximum Gasteiger partial charge on any atom is 0.433 e. The van der Waals surface area contributed by atoms with Gasteiger partial charge in [-0.05, 0) is 31.2 Å². The highest BCUT2D eigenvalue weighted by atomic mass is 16.6.